The largest absolute Gasteiger partial charge is 0.417 e. The zero-order chi connectivity index (χ0) is 14.8. The van der Waals surface area contributed by atoms with E-state index in [-0.39, 0.29) is 0 Å². The van der Waals surface area contributed by atoms with Crippen LogP contribution in [0, 0.1) is 5.92 Å². The Kier molecular flexibility index (Phi) is 4.96. The second-order valence-corrected chi connectivity index (χ2v) is 6.40. The van der Waals surface area contributed by atoms with Crippen molar-refractivity contribution in [1.82, 2.24) is 10.3 Å². The maximum absolute atomic E-state index is 12.5. The fraction of sp³-hybridized carbons (Fsp3) is 0.643. The Labute approximate surface area is 121 Å². The van der Waals surface area contributed by atoms with Crippen LogP contribution < -0.4 is 5.32 Å². The molecule has 0 saturated heterocycles. The van der Waals surface area contributed by atoms with Crippen molar-refractivity contribution in [2.75, 3.05) is 6.54 Å². The molecular weight excluding hydrogens is 285 g/mol. The molecule has 3 unspecified atom stereocenters. The SMILES string of the molecule is CCNC1CCC(Sc2ccc(C(F)(F)F)cn2)C1C. The Morgan fingerprint density at radius 2 is 2.10 bits per heavy atom. The molecule has 2 rings (SSSR count). The van der Waals surface area contributed by atoms with Crippen molar-refractivity contribution in [3.8, 4) is 0 Å². The van der Waals surface area contributed by atoms with Gasteiger partial charge in [0.2, 0.25) is 0 Å². The Morgan fingerprint density at radius 1 is 1.35 bits per heavy atom. The van der Waals surface area contributed by atoms with Crippen molar-refractivity contribution in [1.29, 1.82) is 0 Å². The van der Waals surface area contributed by atoms with Gasteiger partial charge in [0.25, 0.3) is 0 Å². The van der Waals surface area contributed by atoms with Crippen LogP contribution in [0.1, 0.15) is 32.3 Å². The topological polar surface area (TPSA) is 24.9 Å². The summed E-state index contributed by atoms with van der Waals surface area (Å²) in [5.74, 6) is 0.504. The fourth-order valence-corrected chi connectivity index (χ4v) is 3.85. The third kappa shape index (κ3) is 3.67. The van der Waals surface area contributed by atoms with Gasteiger partial charge < -0.3 is 5.32 Å². The zero-order valence-electron chi connectivity index (χ0n) is 11.6. The highest BCUT2D eigenvalue weighted by Crippen LogP contribution is 2.38. The second kappa shape index (κ2) is 6.35. The molecular formula is C14H19F3N2S. The minimum absolute atomic E-state index is 0.420. The second-order valence-electron chi connectivity index (χ2n) is 5.14. The van der Waals surface area contributed by atoms with Gasteiger partial charge in [-0.15, -0.1) is 11.8 Å². The van der Waals surface area contributed by atoms with Gasteiger partial charge in [0.15, 0.2) is 0 Å². The van der Waals surface area contributed by atoms with Gasteiger partial charge in [-0.05, 0) is 37.4 Å². The van der Waals surface area contributed by atoms with Gasteiger partial charge in [-0.2, -0.15) is 13.2 Å². The summed E-state index contributed by atoms with van der Waals surface area (Å²) in [6, 6.07) is 3.09. The summed E-state index contributed by atoms with van der Waals surface area (Å²) in [6.45, 7) is 5.23. The molecule has 1 fully saturated rings. The number of aromatic nitrogens is 1. The molecule has 3 atom stereocenters. The molecule has 1 aliphatic carbocycles. The van der Waals surface area contributed by atoms with Crippen LogP contribution in [0.3, 0.4) is 0 Å². The van der Waals surface area contributed by atoms with Crippen molar-refractivity contribution in [3.63, 3.8) is 0 Å². The molecule has 2 nitrogen and oxygen atoms in total. The summed E-state index contributed by atoms with van der Waals surface area (Å²) in [5.41, 5.74) is -0.688. The highest BCUT2D eigenvalue weighted by Gasteiger charge is 2.34. The molecule has 0 amide bonds. The predicted octanol–water partition coefficient (Wildman–Crippen LogP) is 3.97. The van der Waals surface area contributed by atoms with Crippen LogP contribution in [0.25, 0.3) is 0 Å². The number of alkyl halides is 3. The van der Waals surface area contributed by atoms with E-state index in [1.165, 1.54) is 6.07 Å². The number of pyridine rings is 1. The summed E-state index contributed by atoms with van der Waals surface area (Å²) in [6.07, 6.45) is -1.20. The quantitative estimate of drug-likeness (QED) is 0.911. The van der Waals surface area contributed by atoms with Crippen LogP contribution in [-0.2, 0) is 6.18 Å². The minimum Gasteiger partial charge on any atom is -0.314 e. The molecule has 20 heavy (non-hydrogen) atoms. The Bertz CT molecular complexity index is 433. The van der Waals surface area contributed by atoms with Gasteiger partial charge in [-0.1, -0.05) is 13.8 Å². The molecule has 0 bridgehead atoms. The van der Waals surface area contributed by atoms with Crippen LogP contribution in [0.2, 0.25) is 0 Å². The predicted molar refractivity (Wildman–Crippen MR) is 74.7 cm³/mol. The van der Waals surface area contributed by atoms with Crippen LogP contribution in [0.15, 0.2) is 23.4 Å². The molecule has 1 aromatic heterocycles. The van der Waals surface area contributed by atoms with E-state index in [1.807, 2.05) is 0 Å². The summed E-state index contributed by atoms with van der Waals surface area (Å²) in [5, 5.41) is 4.55. The van der Waals surface area contributed by atoms with Crippen molar-refractivity contribution >= 4 is 11.8 Å². The molecule has 0 aromatic carbocycles. The van der Waals surface area contributed by atoms with E-state index in [9.17, 15) is 13.2 Å². The maximum Gasteiger partial charge on any atom is 0.417 e. The van der Waals surface area contributed by atoms with E-state index in [4.69, 9.17) is 0 Å². The van der Waals surface area contributed by atoms with E-state index in [0.29, 0.717) is 22.2 Å². The third-order valence-electron chi connectivity index (χ3n) is 3.79. The monoisotopic (exact) mass is 304 g/mol. The van der Waals surface area contributed by atoms with Crippen molar-refractivity contribution in [2.24, 2.45) is 5.92 Å². The minimum atomic E-state index is -4.31. The molecule has 6 heteroatoms. The lowest BCUT2D eigenvalue weighted by atomic mass is 10.1. The smallest absolute Gasteiger partial charge is 0.314 e. The first-order valence-electron chi connectivity index (χ1n) is 6.85. The molecule has 1 heterocycles. The van der Waals surface area contributed by atoms with E-state index in [0.717, 1.165) is 31.6 Å². The third-order valence-corrected chi connectivity index (χ3v) is 5.24. The lowest BCUT2D eigenvalue weighted by molar-refractivity contribution is -0.137. The average Bonchev–Trinajstić information content (AvgIpc) is 2.72. The summed E-state index contributed by atoms with van der Waals surface area (Å²) in [4.78, 5) is 3.94. The van der Waals surface area contributed by atoms with Gasteiger partial charge >= 0.3 is 6.18 Å². The molecule has 1 saturated carbocycles. The van der Waals surface area contributed by atoms with Gasteiger partial charge in [0, 0.05) is 17.5 Å². The molecule has 1 aliphatic rings. The first-order chi connectivity index (χ1) is 9.41. The molecule has 0 spiro atoms. The number of nitrogens with zero attached hydrogens (tertiary/aromatic N) is 1. The van der Waals surface area contributed by atoms with Crippen molar-refractivity contribution in [2.45, 2.75) is 49.2 Å². The van der Waals surface area contributed by atoms with Crippen LogP contribution in [0.4, 0.5) is 13.2 Å². The average molecular weight is 304 g/mol. The first kappa shape index (κ1) is 15.6. The number of nitrogens with one attached hydrogen (secondary N) is 1. The normalized spacial score (nSPS) is 26.9. The van der Waals surface area contributed by atoms with Crippen LogP contribution >= 0.6 is 11.8 Å². The van der Waals surface area contributed by atoms with Gasteiger partial charge in [-0.25, -0.2) is 4.98 Å². The van der Waals surface area contributed by atoms with Crippen LogP contribution in [0.5, 0.6) is 0 Å². The van der Waals surface area contributed by atoms with Crippen molar-refractivity contribution < 1.29 is 13.2 Å². The van der Waals surface area contributed by atoms with E-state index >= 15 is 0 Å². The Morgan fingerprint density at radius 3 is 2.65 bits per heavy atom. The van der Waals surface area contributed by atoms with Gasteiger partial charge in [0.05, 0.1) is 10.6 Å². The van der Waals surface area contributed by atoms with E-state index in [2.05, 4.69) is 24.1 Å². The summed E-state index contributed by atoms with van der Waals surface area (Å²) >= 11 is 1.59. The standard InChI is InChI=1S/C14H19F3N2S/c1-3-18-11-5-6-12(9(11)2)20-13-7-4-10(8-19-13)14(15,16)17/h4,7-9,11-12,18H,3,5-6H2,1-2H3. The summed E-state index contributed by atoms with van der Waals surface area (Å²) in [7, 11) is 0. The van der Waals surface area contributed by atoms with Crippen LogP contribution in [-0.4, -0.2) is 22.8 Å². The van der Waals surface area contributed by atoms with Gasteiger partial charge in [0.1, 0.15) is 0 Å². The van der Waals surface area contributed by atoms with E-state index < -0.39 is 11.7 Å². The van der Waals surface area contributed by atoms with Crippen molar-refractivity contribution in [3.05, 3.63) is 23.9 Å². The lowest BCUT2D eigenvalue weighted by Crippen LogP contribution is -2.33. The molecule has 1 aromatic rings. The molecule has 0 aliphatic heterocycles. The summed E-state index contributed by atoms with van der Waals surface area (Å²) < 4.78 is 37.4. The number of thioether (sulfide) groups is 1. The highest BCUT2D eigenvalue weighted by atomic mass is 32.2. The lowest BCUT2D eigenvalue weighted by Gasteiger charge is -2.20. The number of halogens is 3. The van der Waals surface area contributed by atoms with Gasteiger partial charge in [-0.3, -0.25) is 0 Å². The number of rotatable bonds is 4. The Hall–Kier alpha value is -0.750. The fourth-order valence-electron chi connectivity index (χ4n) is 2.62. The van der Waals surface area contributed by atoms with E-state index in [1.54, 1.807) is 11.8 Å². The maximum atomic E-state index is 12.5. The Balaban J connectivity index is 1.97. The highest BCUT2D eigenvalue weighted by molar-refractivity contribution is 7.99. The molecule has 112 valence electrons. The first-order valence-corrected chi connectivity index (χ1v) is 7.73. The zero-order valence-corrected chi connectivity index (χ0v) is 12.4. The number of hydrogen-bond acceptors (Lipinski definition) is 3. The number of hydrogen-bond donors (Lipinski definition) is 1. The molecule has 0 radical (unpaired) electrons. The molecule has 1 N–H and O–H groups in total.